The first kappa shape index (κ1) is 32.9. The Morgan fingerprint density at radius 2 is 0.796 bits per heavy atom. The zero-order chi connectivity index (χ0) is 36.5. The van der Waals surface area contributed by atoms with Crippen LogP contribution in [0.5, 0.6) is 0 Å². The highest BCUT2D eigenvalue weighted by Gasteiger charge is 2.47. The fraction of sp³-hybridized carbons (Fsp3) is 0.0189. The molecular weight excluding hydrogens is 651 g/mol. The molecule has 9 rings (SSSR count). The zero-order valence-corrected chi connectivity index (χ0v) is 30.1. The lowest BCUT2D eigenvalue weighted by Gasteiger charge is -2.34. The van der Waals surface area contributed by atoms with Crippen LogP contribution in [-0.4, -0.2) is 0 Å². The summed E-state index contributed by atoms with van der Waals surface area (Å²) in [6.45, 7) is 8.09. The van der Waals surface area contributed by atoms with Crippen molar-refractivity contribution in [1.29, 1.82) is 0 Å². The van der Waals surface area contributed by atoms with E-state index in [9.17, 15) is 0 Å². The Hall–Kier alpha value is -6.96. The highest BCUT2D eigenvalue weighted by atomic mass is 15.1. The Balaban J connectivity index is 1.30. The van der Waals surface area contributed by atoms with Crippen LogP contribution >= 0.6 is 0 Å². The molecule has 1 aliphatic carbocycles. The second-order valence-electron chi connectivity index (χ2n) is 13.8. The van der Waals surface area contributed by atoms with E-state index in [2.05, 4.69) is 218 Å². The van der Waals surface area contributed by atoms with E-state index in [4.69, 9.17) is 0 Å². The molecule has 0 aliphatic heterocycles. The molecule has 0 N–H and O–H groups in total. The molecule has 0 saturated carbocycles. The summed E-state index contributed by atoms with van der Waals surface area (Å²) in [7, 11) is 0. The second-order valence-corrected chi connectivity index (χ2v) is 13.8. The molecule has 1 nitrogen and oxygen atoms in total. The second kappa shape index (κ2) is 13.9. The maximum atomic E-state index is 4.04. The monoisotopic (exact) mass is 689 g/mol. The van der Waals surface area contributed by atoms with E-state index in [1.807, 2.05) is 12.2 Å². The summed E-state index contributed by atoms with van der Waals surface area (Å²) in [4.78, 5) is 2.43. The van der Waals surface area contributed by atoms with Crippen LogP contribution in [0.15, 0.2) is 213 Å². The number of hydrogen-bond donors (Lipinski definition) is 0. The minimum Gasteiger partial charge on any atom is -0.310 e. The first-order valence-electron chi connectivity index (χ1n) is 18.5. The lowest BCUT2D eigenvalue weighted by molar-refractivity contribution is 0.768. The lowest BCUT2D eigenvalue weighted by atomic mass is 9.67. The van der Waals surface area contributed by atoms with Crippen LogP contribution in [0, 0.1) is 0 Å². The maximum absolute atomic E-state index is 4.04. The van der Waals surface area contributed by atoms with E-state index >= 15 is 0 Å². The third-order valence-electron chi connectivity index (χ3n) is 10.9. The quantitative estimate of drug-likeness (QED) is 0.146. The standard InChI is InChI=1S/C53H39N/c1-3-38-22-30-44(31-23-38)53(45-32-24-39(4-2)25-33-45)49-19-12-11-18-48(49)52-50(53)20-13-21-51(52)54(46-34-26-42(27-35-46)40-14-7-5-8-15-40)47-36-28-43(29-37-47)41-16-9-6-10-17-41/h3-37H,1-2H2. The fourth-order valence-corrected chi connectivity index (χ4v) is 8.32. The minimum atomic E-state index is -0.554. The van der Waals surface area contributed by atoms with Gasteiger partial charge in [0.25, 0.3) is 0 Å². The van der Waals surface area contributed by atoms with Gasteiger partial charge in [-0.25, -0.2) is 0 Å². The molecule has 0 bridgehead atoms. The van der Waals surface area contributed by atoms with Crippen LogP contribution in [0.1, 0.15) is 33.4 Å². The van der Waals surface area contributed by atoms with Gasteiger partial charge in [0.05, 0.1) is 11.1 Å². The molecule has 0 heterocycles. The molecule has 0 saturated heterocycles. The number of benzene rings is 8. The van der Waals surface area contributed by atoms with Gasteiger partial charge >= 0.3 is 0 Å². The summed E-state index contributed by atoms with van der Waals surface area (Å²) in [5.41, 5.74) is 17.2. The predicted molar refractivity (Wildman–Crippen MR) is 229 cm³/mol. The van der Waals surface area contributed by atoms with Crippen molar-refractivity contribution in [3.63, 3.8) is 0 Å². The van der Waals surface area contributed by atoms with Crippen LogP contribution in [0.2, 0.25) is 0 Å². The van der Waals surface area contributed by atoms with E-state index in [1.165, 1.54) is 55.6 Å². The SMILES string of the molecule is C=Cc1ccc(C2(c3ccc(C=C)cc3)c3ccccc3-c3c(N(c4ccc(-c5ccccc5)cc4)c4ccc(-c5ccccc5)cc4)cccc32)cc1. The molecule has 0 radical (unpaired) electrons. The van der Waals surface area contributed by atoms with Gasteiger partial charge in [0.15, 0.2) is 0 Å². The predicted octanol–water partition coefficient (Wildman–Crippen LogP) is 14.1. The average Bonchev–Trinajstić information content (AvgIpc) is 3.56. The smallest absolute Gasteiger partial charge is 0.0714 e. The molecule has 0 unspecified atom stereocenters. The summed E-state index contributed by atoms with van der Waals surface area (Å²) in [6, 6.07) is 72.8. The topological polar surface area (TPSA) is 3.24 Å². The molecule has 8 aromatic rings. The van der Waals surface area contributed by atoms with Crippen molar-refractivity contribution in [3.05, 3.63) is 247 Å². The summed E-state index contributed by atoms with van der Waals surface area (Å²) in [5, 5.41) is 0. The largest absolute Gasteiger partial charge is 0.310 e. The van der Waals surface area contributed by atoms with Crippen molar-refractivity contribution in [1.82, 2.24) is 0 Å². The highest BCUT2D eigenvalue weighted by molar-refractivity contribution is 5.97. The summed E-state index contributed by atoms with van der Waals surface area (Å²) < 4.78 is 0. The number of nitrogens with zero attached hydrogens (tertiary/aromatic N) is 1. The normalized spacial score (nSPS) is 12.4. The van der Waals surface area contributed by atoms with Gasteiger partial charge in [-0.15, -0.1) is 0 Å². The van der Waals surface area contributed by atoms with Gasteiger partial charge in [0, 0.05) is 16.9 Å². The van der Waals surface area contributed by atoms with Crippen LogP contribution < -0.4 is 4.90 Å². The highest BCUT2D eigenvalue weighted by Crippen LogP contribution is 2.59. The van der Waals surface area contributed by atoms with E-state index in [1.54, 1.807) is 0 Å². The Labute approximate surface area is 318 Å². The van der Waals surface area contributed by atoms with Crippen LogP contribution in [0.25, 0.3) is 45.5 Å². The van der Waals surface area contributed by atoms with Gasteiger partial charge in [0.2, 0.25) is 0 Å². The molecule has 54 heavy (non-hydrogen) atoms. The molecule has 256 valence electrons. The lowest BCUT2D eigenvalue weighted by Crippen LogP contribution is -2.28. The van der Waals surface area contributed by atoms with Crippen molar-refractivity contribution in [2.75, 3.05) is 4.90 Å². The summed E-state index contributed by atoms with van der Waals surface area (Å²) in [6.07, 6.45) is 3.82. The number of rotatable bonds is 9. The molecule has 0 aromatic heterocycles. The first-order valence-corrected chi connectivity index (χ1v) is 18.5. The van der Waals surface area contributed by atoms with Crippen molar-refractivity contribution >= 4 is 29.2 Å². The van der Waals surface area contributed by atoms with E-state index in [-0.39, 0.29) is 0 Å². The number of anilines is 3. The van der Waals surface area contributed by atoms with E-state index in [0.717, 1.165) is 28.2 Å². The van der Waals surface area contributed by atoms with Crippen molar-refractivity contribution in [3.8, 4) is 33.4 Å². The van der Waals surface area contributed by atoms with Gasteiger partial charge < -0.3 is 4.90 Å². The summed E-state index contributed by atoms with van der Waals surface area (Å²) in [5.74, 6) is 0. The molecule has 8 aromatic carbocycles. The molecule has 1 heteroatoms. The fourth-order valence-electron chi connectivity index (χ4n) is 8.32. The molecular formula is C53H39N. The van der Waals surface area contributed by atoms with Crippen molar-refractivity contribution in [2.24, 2.45) is 0 Å². The van der Waals surface area contributed by atoms with E-state index in [0.29, 0.717) is 0 Å². The zero-order valence-electron chi connectivity index (χ0n) is 30.1. The van der Waals surface area contributed by atoms with Crippen LogP contribution in [0.4, 0.5) is 17.1 Å². The Bertz CT molecular complexity index is 2450. The molecule has 1 aliphatic rings. The minimum absolute atomic E-state index is 0.554. The van der Waals surface area contributed by atoms with Gasteiger partial charge in [-0.1, -0.05) is 195 Å². The van der Waals surface area contributed by atoms with Gasteiger partial charge in [-0.2, -0.15) is 0 Å². The van der Waals surface area contributed by atoms with Crippen LogP contribution in [0.3, 0.4) is 0 Å². The molecule has 0 amide bonds. The summed E-state index contributed by atoms with van der Waals surface area (Å²) >= 11 is 0. The average molecular weight is 690 g/mol. The van der Waals surface area contributed by atoms with Crippen LogP contribution in [-0.2, 0) is 5.41 Å². The van der Waals surface area contributed by atoms with E-state index < -0.39 is 5.41 Å². The Morgan fingerprint density at radius 1 is 0.370 bits per heavy atom. The molecule has 0 atom stereocenters. The maximum Gasteiger partial charge on any atom is 0.0714 e. The molecule has 0 spiro atoms. The first-order chi connectivity index (χ1) is 26.7. The van der Waals surface area contributed by atoms with Crippen molar-refractivity contribution in [2.45, 2.75) is 5.41 Å². The van der Waals surface area contributed by atoms with Crippen molar-refractivity contribution < 1.29 is 0 Å². The third kappa shape index (κ3) is 5.50. The third-order valence-corrected chi connectivity index (χ3v) is 10.9. The Kier molecular flexibility index (Phi) is 8.46. The number of fused-ring (bicyclic) bond motifs is 3. The Morgan fingerprint density at radius 3 is 1.28 bits per heavy atom. The molecule has 0 fully saturated rings. The number of hydrogen-bond acceptors (Lipinski definition) is 1. The van der Waals surface area contributed by atoms with Gasteiger partial charge in [-0.3, -0.25) is 0 Å². The van der Waals surface area contributed by atoms with Gasteiger partial charge in [-0.05, 0) is 91.5 Å². The van der Waals surface area contributed by atoms with Gasteiger partial charge in [0.1, 0.15) is 0 Å².